The first-order chi connectivity index (χ1) is 9.33. The van der Waals surface area contributed by atoms with Crippen LogP contribution in [0.15, 0.2) is 66.7 Å². The zero-order chi connectivity index (χ0) is 13.1. The standard InChI is InChI=1S/C17H15NO/c18-16-10-14-8-4-5-9-15(14)11-17(16)19-12-13-6-2-1-3-7-13/h1-11H,12,18H2/p+1. The van der Waals surface area contributed by atoms with Crippen molar-refractivity contribution in [1.29, 1.82) is 0 Å². The molecule has 0 saturated carbocycles. The summed E-state index contributed by atoms with van der Waals surface area (Å²) < 4.78 is 5.87. The summed E-state index contributed by atoms with van der Waals surface area (Å²) in [5.74, 6) is 0.850. The van der Waals surface area contributed by atoms with Gasteiger partial charge < -0.3 is 10.5 Å². The van der Waals surface area contributed by atoms with Crippen molar-refractivity contribution < 1.29 is 10.5 Å². The van der Waals surface area contributed by atoms with Gasteiger partial charge in [-0.05, 0) is 22.4 Å². The number of quaternary nitrogens is 1. The molecule has 0 amide bonds. The predicted molar refractivity (Wildman–Crippen MR) is 77.3 cm³/mol. The Morgan fingerprint density at radius 1 is 0.789 bits per heavy atom. The molecular formula is C17H16NO+. The van der Waals surface area contributed by atoms with Gasteiger partial charge in [-0.25, -0.2) is 0 Å². The van der Waals surface area contributed by atoms with E-state index in [0.717, 1.165) is 17.0 Å². The van der Waals surface area contributed by atoms with Gasteiger partial charge in [0, 0.05) is 6.07 Å². The molecule has 0 aliphatic heterocycles. The molecule has 0 unspecified atom stereocenters. The van der Waals surface area contributed by atoms with Gasteiger partial charge in [-0.15, -0.1) is 0 Å². The molecule has 2 heteroatoms. The Hall–Kier alpha value is -2.32. The minimum absolute atomic E-state index is 0.571. The van der Waals surface area contributed by atoms with Gasteiger partial charge in [0.15, 0.2) is 11.4 Å². The van der Waals surface area contributed by atoms with Crippen LogP contribution in [0.5, 0.6) is 5.75 Å². The fourth-order valence-corrected chi connectivity index (χ4v) is 2.14. The first-order valence-electron chi connectivity index (χ1n) is 6.34. The molecule has 0 bridgehead atoms. The molecule has 0 saturated heterocycles. The van der Waals surface area contributed by atoms with E-state index in [-0.39, 0.29) is 0 Å². The number of ether oxygens (including phenoxy) is 1. The van der Waals surface area contributed by atoms with Crippen molar-refractivity contribution in [2.45, 2.75) is 6.61 Å². The Bertz CT molecular complexity index is 692. The SMILES string of the molecule is [NH3+]c1cc2ccccc2cc1OCc1ccccc1. The molecular weight excluding hydrogens is 234 g/mol. The second-order valence-corrected chi connectivity index (χ2v) is 4.58. The average Bonchev–Trinajstić information content (AvgIpc) is 2.46. The van der Waals surface area contributed by atoms with E-state index in [4.69, 9.17) is 4.74 Å². The van der Waals surface area contributed by atoms with Crippen LogP contribution in [0.1, 0.15) is 5.56 Å². The summed E-state index contributed by atoms with van der Waals surface area (Å²) in [6.07, 6.45) is 0. The van der Waals surface area contributed by atoms with Crippen LogP contribution in [0.3, 0.4) is 0 Å². The highest BCUT2D eigenvalue weighted by Crippen LogP contribution is 2.27. The number of benzene rings is 3. The topological polar surface area (TPSA) is 36.9 Å². The van der Waals surface area contributed by atoms with E-state index in [0.29, 0.717) is 6.61 Å². The number of hydrogen-bond donors (Lipinski definition) is 1. The molecule has 0 radical (unpaired) electrons. The van der Waals surface area contributed by atoms with Crippen LogP contribution < -0.4 is 10.5 Å². The van der Waals surface area contributed by atoms with E-state index >= 15 is 0 Å². The summed E-state index contributed by atoms with van der Waals surface area (Å²) >= 11 is 0. The van der Waals surface area contributed by atoms with E-state index < -0.39 is 0 Å². The first kappa shape index (κ1) is 11.8. The van der Waals surface area contributed by atoms with Crippen molar-refractivity contribution in [3.8, 4) is 5.75 Å². The molecule has 94 valence electrons. The molecule has 2 nitrogen and oxygen atoms in total. The minimum atomic E-state index is 0.571. The lowest BCUT2D eigenvalue weighted by Gasteiger charge is -2.08. The molecule has 0 aliphatic carbocycles. The van der Waals surface area contributed by atoms with Gasteiger partial charge in [-0.3, -0.25) is 0 Å². The number of hydrogen-bond acceptors (Lipinski definition) is 1. The molecule has 0 atom stereocenters. The Labute approximate surface area is 112 Å². The van der Waals surface area contributed by atoms with Gasteiger partial charge in [0.25, 0.3) is 0 Å². The highest BCUT2D eigenvalue weighted by Gasteiger charge is 2.06. The summed E-state index contributed by atoms with van der Waals surface area (Å²) in [6, 6.07) is 22.5. The van der Waals surface area contributed by atoms with Crippen LogP contribution in [0, 0.1) is 0 Å². The van der Waals surface area contributed by atoms with Crippen LogP contribution in [-0.4, -0.2) is 0 Å². The smallest absolute Gasteiger partial charge is 0.180 e. The van der Waals surface area contributed by atoms with Crippen LogP contribution in [-0.2, 0) is 6.61 Å². The lowest BCUT2D eigenvalue weighted by molar-refractivity contribution is -0.256. The second kappa shape index (κ2) is 5.12. The molecule has 3 aromatic carbocycles. The highest BCUT2D eigenvalue weighted by atomic mass is 16.5. The molecule has 0 heterocycles. The quantitative estimate of drug-likeness (QED) is 0.761. The monoisotopic (exact) mass is 250 g/mol. The van der Waals surface area contributed by atoms with Crippen molar-refractivity contribution >= 4 is 16.5 Å². The van der Waals surface area contributed by atoms with Gasteiger partial charge in [0.1, 0.15) is 6.61 Å². The predicted octanol–water partition coefficient (Wildman–Crippen LogP) is 3.29. The maximum Gasteiger partial charge on any atom is 0.180 e. The van der Waals surface area contributed by atoms with Gasteiger partial charge in [-0.1, -0.05) is 54.6 Å². The zero-order valence-electron chi connectivity index (χ0n) is 10.7. The Balaban J connectivity index is 1.86. The summed E-state index contributed by atoms with van der Waals surface area (Å²) in [6.45, 7) is 0.571. The molecule has 3 rings (SSSR count). The average molecular weight is 250 g/mol. The molecule has 19 heavy (non-hydrogen) atoms. The first-order valence-corrected chi connectivity index (χ1v) is 6.34. The number of rotatable bonds is 3. The van der Waals surface area contributed by atoms with E-state index in [1.54, 1.807) is 0 Å². The van der Waals surface area contributed by atoms with Crippen LogP contribution in [0.2, 0.25) is 0 Å². The second-order valence-electron chi connectivity index (χ2n) is 4.58. The summed E-state index contributed by atoms with van der Waals surface area (Å²) in [5, 5.41) is 2.37. The van der Waals surface area contributed by atoms with Gasteiger partial charge in [0.2, 0.25) is 0 Å². The van der Waals surface area contributed by atoms with Crippen molar-refractivity contribution in [3.63, 3.8) is 0 Å². The van der Waals surface area contributed by atoms with Crippen molar-refractivity contribution in [1.82, 2.24) is 0 Å². The summed E-state index contributed by atoms with van der Waals surface area (Å²) in [5.41, 5.74) is 6.15. The Morgan fingerprint density at radius 3 is 2.16 bits per heavy atom. The maximum atomic E-state index is 5.87. The zero-order valence-corrected chi connectivity index (χ0v) is 10.7. The molecule has 0 aliphatic rings. The Morgan fingerprint density at radius 2 is 1.42 bits per heavy atom. The highest BCUT2D eigenvalue weighted by molar-refractivity contribution is 5.86. The van der Waals surface area contributed by atoms with Crippen LogP contribution in [0.4, 0.5) is 5.69 Å². The van der Waals surface area contributed by atoms with Crippen molar-refractivity contribution in [2.24, 2.45) is 0 Å². The fourth-order valence-electron chi connectivity index (χ4n) is 2.14. The minimum Gasteiger partial charge on any atom is -0.483 e. The maximum absolute atomic E-state index is 5.87. The summed E-state index contributed by atoms with van der Waals surface area (Å²) in [7, 11) is 0. The lowest BCUT2D eigenvalue weighted by Crippen LogP contribution is -2.40. The van der Waals surface area contributed by atoms with Crippen molar-refractivity contribution in [2.75, 3.05) is 0 Å². The van der Waals surface area contributed by atoms with Gasteiger partial charge in [0.05, 0.1) is 0 Å². The normalized spacial score (nSPS) is 10.6. The summed E-state index contributed by atoms with van der Waals surface area (Å²) in [4.78, 5) is 0. The van der Waals surface area contributed by atoms with Gasteiger partial charge in [-0.2, -0.15) is 0 Å². The van der Waals surface area contributed by atoms with E-state index in [9.17, 15) is 0 Å². The van der Waals surface area contributed by atoms with E-state index in [2.05, 4.69) is 42.1 Å². The third-order valence-corrected chi connectivity index (χ3v) is 3.17. The van der Waals surface area contributed by atoms with Crippen LogP contribution >= 0.6 is 0 Å². The lowest BCUT2D eigenvalue weighted by atomic mass is 10.1. The molecule has 0 aromatic heterocycles. The Kier molecular flexibility index (Phi) is 3.17. The third kappa shape index (κ3) is 2.59. The number of fused-ring (bicyclic) bond motifs is 1. The third-order valence-electron chi connectivity index (χ3n) is 3.17. The van der Waals surface area contributed by atoms with E-state index in [1.165, 1.54) is 10.8 Å². The van der Waals surface area contributed by atoms with Crippen molar-refractivity contribution in [3.05, 3.63) is 72.3 Å². The van der Waals surface area contributed by atoms with Crippen LogP contribution in [0.25, 0.3) is 10.8 Å². The van der Waals surface area contributed by atoms with Gasteiger partial charge >= 0.3 is 0 Å². The molecule has 3 N–H and O–H groups in total. The molecule has 3 aromatic rings. The fraction of sp³-hybridized carbons (Fsp3) is 0.0588. The molecule has 0 spiro atoms. The molecule has 0 fully saturated rings. The van der Waals surface area contributed by atoms with E-state index in [1.807, 2.05) is 30.3 Å². The largest absolute Gasteiger partial charge is 0.483 e.